The predicted octanol–water partition coefficient (Wildman–Crippen LogP) is 3.70. The van der Waals surface area contributed by atoms with Crippen molar-refractivity contribution in [2.75, 3.05) is 38.7 Å². The second-order valence-electron chi connectivity index (χ2n) is 6.61. The number of hydrogen-bond acceptors (Lipinski definition) is 4. The van der Waals surface area contributed by atoms with Crippen LogP contribution in [0.4, 0.5) is 5.69 Å². The van der Waals surface area contributed by atoms with Crippen molar-refractivity contribution in [3.63, 3.8) is 0 Å². The molecular weight excluding hydrogens is 316 g/mol. The highest BCUT2D eigenvalue weighted by Gasteiger charge is 2.41. The van der Waals surface area contributed by atoms with Crippen molar-refractivity contribution >= 4 is 11.6 Å². The first kappa shape index (κ1) is 19.7. The summed E-state index contributed by atoms with van der Waals surface area (Å²) in [5.74, 6) is 0.792. The van der Waals surface area contributed by atoms with E-state index in [0.717, 1.165) is 63.2 Å². The fourth-order valence-corrected chi connectivity index (χ4v) is 3.37. The van der Waals surface area contributed by atoms with Crippen LogP contribution in [0.15, 0.2) is 24.3 Å². The second kappa shape index (κ2) is 9.78. The van der Waals surface area contributed by atoms with Crippen molar-refractivity contribution in [2.24, 2.45) is 0 Å². The zero-order valence-electron chi connectivity index (χ0n) is 15.8. The summed E-state index contributed by atoms with van der Waals surface area (Å²) in [7, 11) is 1.63. The number of benzene rings is 1. The summed E-state index contributed by atoms with van der Waals surface area (Å²) < 4.78 is 11.3. The third kappa shape index (κ3) is 5.44. The number of amides is 1. The Kier molecular flexibility index (Phi) is 7.72. The van der Waals surface area contributed by atoms with E-state index in [1.165, 1.54) is 0 Å². The number of methoxy groups -OCH3 is 1. The lowest BCUT2D eigenvalue weighted by Gasteiger charge is -2.25. The molecule has 0 unspecified atom stereocenters. The fourth-order valence-electron chi connectivity index (χ4n) is 3.37. The first-order valence-corrected chi connectivity index (χ1v) is 9.45. The molecule has 0 bridgehead atoms. The molecule has 1 aromatic rings. The Balaban J connectivity index is 1.78. The summed E-state index contributed by atoms with van der Waals surface area (Å²) in [6.07, 6.45) is 4.69. The van der Waals surface area contributed by atoms with Gasteiger partial charge in [0.2, 0.25) is 0 Å². The summed E-state index contributed by atoms with van der Waals surface area (Å²) in [6.45, 7) is 8.27. The highest BCUT2D eigenvalue weighted by molar-refractivity contribution is 5.97. The predicted molar refractivity (Wildman–Crippen MR) is 101 cm³/mol. The maximum absolute atomic E-state index is 12.5. The Morgan fingerprint density at radius 1 is 1.16 bits per heavy atom. The lowest BCUT2D eigenvalue weighted by molar-refractivity contribution is -0.136. The van der Waals surface area contributed by atoms with Gasteiger partial charge in [-0.15, -0.1) is 0 Å². The Morgan fingerprint density at radius 2 is 1.80 bits per heavy atom. The number of nitrogens with one attached hydrogen (secondary N) is 1. The Labute approximate surface area is 151 Å². The van der Waals surface area contributed by atoms with Gasteiger partial charge in [0, 0.05) is 19.3 Å². The van der Waals surface area contributed by atoms with Crippen LogP contribution in [0.25, 0.3) is 0 Å². The number of nitrogens with zero attached hydrogens (tertiary/aromatic N) is 1. The van der Waals surface area contributed by atoms with E-state index in [-0.39, 0.29) is 5.91 Å². The van der Waals surface area contributed by atoms with Gasteiger partial charge in [0.05, 0.1) is 6.61 Å². The van der Waals surface area contributed by atoms with Crippen molar-refractivity contribution < 1.29 is 14.3 Å². The van der Waals surface area contributed by atoms with Crippen LogP contribution in [-0.4, -0.2) is 49.8 Å². The minimum atomic E-state index is -0.653. The zero-order chi connectivity index (χ0) is 18.1. The van der Waals surface area contributed by atoms with Crippen molar-refractivity contribution in [1.29, 1.82) is 0 Å². The van der Waals surface area contributed by atoms with Gasteiger partial charge in [-0.3, -0.25) is 4.79 Å². The van der Waals surface area contributed by atoms with E-state index in [4.69, 9.17) is 9.47 Å². The van der Waals surface area contributed by atoms with Crippen LogP contribution < -0.4 is 10.1 Å². The van der Waals surface area contributed by atoms with Crippen molar-refractivity contribution in [1.82, 2.24) is 4.90 Å². The molecule has 0 aromatic heterocycles. The smallest absolute Gasteiger partial charge is 0.256 e. The van der Waals surface area contributed by atoms with E-state index in [2.05, 4.69) is 24.1 Å². The summed E-state index contributed by atoms with van der Waals surface area (Å²) in [4.78, 5) is 14.9. The van der Waals surface area contributed by atoms with Gasteiger partial charge >= 0.3 is 0 Å². The number of carbonyl (C=O) groups excluding carboxylic acids is 1. The molecule has 0 radical (unpaired) electrons. The first-order chi connectivity index (χ1) is 12.1. The van der Waals surface area contributed by atoms with Crippen LogP contribution in [0.2, 0.25) is 0 Å². The molecule has 0 atom stereocenters. The number of hydrogen-bond donors (Lipinski definition) is 1. The van der Waals surface area contributed by atoms with Crippen LogP contribution >= 0.6 is 0 Å². The third-order valence-electron chi connectivity index (χ3n) is 5.11. The van der Waals surface area contributed by atoms with E-state index in [0.29, 0.717) is 6.61 Å². The molecule has 140 valence electrons. The van der Waals surface area contributed by atoms with Crippen molar-refractivity contribution in [2.45, 2.75) is 51.6 Å². The van der Waals surface area contributed by atoms with E-state index in [9.17, 15) is 4.79 Å². The summed E-state index contributed by atoms with van der Waals surface area (Å²) in [5.41, 5.74) is 0.128. The Bertz CT molecular complexity index is 520. The molecule has 25 heavy (non-hydrogen) atoms. The molecule has 0 spiro atoms. The van der Waals surface area contributed by atoms with Gasteiger partial charge in [-0.05, 0) is 69.5 Å². The van der Waals surface area contributed by atoms with Crippen molar-refractivity contribution in [3.05, 3.63) is 24.3 Å². The molecule has 1 N–H and O–H groups in total. The Morgan fingerprint density at radius 3 is 2.36 bits per heavy atom. The normalized spacial score (nSPS) is 16.2. The SMILES string of the molecule is CCN(CC)CCCOc1ccc(NC(=O)C2(OC)CCCC2)cc1. The van der Waals surface area contributed by atoms with E-state index in [1.807, 2.05) is 24.3 Å². The van der Waals surface area contributed by atoms with Crippen LogP contribution in [-0.2, 0) is 9.53 Å². The van der Waals surface area contributed by atoms with Gasteiger partial charge in [-0.2, -0.15) is 0 Å². The Hall–Kier alpha value is -1.59. The molecule has 1 aliphatic carbocycles. The van der Waals surface area contributed by atoms with Crippen LogP contribution in [0.3, 0.4) is 0 Å². The average molecular weight is 348 g/mol. The largest absolute Gasteiger partial charge is 0.494 e. The van der Waals surface area contributed by atoms with E-state index >= 15 is 0 Å². The molecule has 0 aliphatic heterocycles. The van der Waals surface area contributed by atoms with E-state index in [1.54, 1.807) is 7.11 Å². The van der Waals surface area contributed by atoms with Crippen molar-refractivity contribution in [3.8, 4) is 5.75 Å². The quantitative estimate of drug-likeness (QED) is 0.655. The summed E-state index contributed by atoms with van der Waals surface area (Å²) in [6, 6.07) is 7.58. The maximum Gasteiger partial charge on any atom is 0.256 e. The zero-order valence-corrected chi connectivity index (χ0v) is 15.8. The molecule has 5 nitrogen and oxygen atoms in total. The molecule has 1 amide bonds. The minimum absolute atomic E-state index is 0.0413. The topological polar surface area (TPSA) is 50.8 Å². The van der Waals surface area contributed by atoms with Gasteiger partial charge in [-0.25, -0.2) is 0 Å². The molecule has 0 saturated heterocycles. The number of ether oxygens (including phenoxy) is 2. The molecule has 2 rings (SSSR count). The standard InChI is InChI=1S/C20H32N2O3/c1-4-22(5-2)15-8-16-25-18-11-9-17(10-12-18)21-19(23)20(24-3)13-6-7-14-20/h9-12H,4-8,13-16H2,1-3H3,(H,21,23). The highest BCUT2D eigenvalue weighted by Crippen LogP contribution is 2.33. The highest BCUT2D eigenvalue weighted by atomic mass is 16.5. The number of anilines is 1. The van der Waals surface area contributed by atoms with Crippen LogP contribution in [0.1, 0.15) is 46.0 Å². The molecule has 0 heterocycles. The second-order valence-corrected chi connectivity index (χ2v) is 6.61. The average Bonchev–Trinajstić information content (AvgIpc) is 3.13. The fraction of sp³-hybridized carbons (Fsp3) is 0.650. The molecular formula is C20H32N2O3. The summed E-state index contributed by atoms with van der Waals surface area (Å²) in [5, 5.41) is 2.97. The van der Waals surface area contributed by atoms with Crippen LogP contribution in [0.5, 0.6) is 5.75 Å². The van der Waals surface area contributed by atoms with Crippen LogP contribution in [0, 0.1) is 0 Å². The molecule has 1 saturated carbocycles. The number of rotatable bonds is 10. The van der Waals surface area contributed by atoms with Gasteiger partial charge in [0.1, 0.15) is 11.4 Å². The van der Waals surface area contributed by atoms with Gasteiger partial charge in [0.15, 0.2) is 0 Å². The molecule has 1 aromatic carbocycles. The minimum Gasteiger partial charge on any atom is -0.494 e. The van der Waals surface area contributed by atoms with Gasteiger partial charge in [0.25, 0.3) is 5.91 Å². The first-order valence-electron chi connectivity index (χ1n) is 9.45. The molecule has 5 heteroatoms. The molecule has 1 aliphatic rings. The number of carbonyl (C=O) groups is 1. The third-order valence-corrected chi connectivity index (χ3v) is 5.11. The lowest BCUT2D eigenvalue weighted by Crippen LogP contribution is -2.42. The van der Waals surface area contributed by atoms with Gasteiger partial charge < -0.3 is 19.7 Å². The lowest BCUT2D eigenvalue weighted by atomic mass is 10.0. The van der Waals surface area contributed by atoms with E-state index < -0.39 is 5.60 Å². The van der Waals surface area contributed by atoms with Gasteiger partial charge in [-0.1, -0.05) is 13.8 Å². The maximum atomic E-state index is 12.5. The molecule has 1 fully saturated rings. The monoisotopic (exact) mass is 348 g/mol. The summed E-state index contributed by atoms with van der Waals surface area (Å²) >= 11 is 0.